The zero-order chi connectivity index (χ0) is 33.2. The molecule has 0 radical (unpaired) electrons. The van der Waals surface area contributed by atoms with Crippen molar-refractivity contribution in [3.8, 4) is 40.2 Å². The van der Waals surface area contributed by atoms with Crippen LogP contribution in [0.2, 0.25) is 0 Å². The van der Waals surface area contributed by atoms with E-state index in [9.17, 15) is 36.0 Å². The Labute approximate surface area is 262 Å². The Kier molecular flexibility index (Phi) is 12.6. The highest BCUT2D eigenvalue weighted by Gasteiger charge is 2.42. The van der Waals surface area contributed by atoms with Crippen molar-refractivity contribution in [3.63, 3.8) is 0 Å². The summed E-state index contributed by atoms with van der Waals surface area (Å²) in [5.74, 6) is 1.88. The fraction of sp³-hybridized carbons (Fsp3) is 0.429. The summed E-state index contributed by atoms with van der Waals surface area (Å²) >= 11 is 0. The first-order valence-electron chi connectivity index (χ1n) is 15.0. The Morgan fingerprint density at radius 2 is 1.56 bits per heavy atom. The number of nitriles is 1. The first kappa shape index (κ1) is 35.6. The van der Waals surface area contributed by atoms with Crippen LogP contribution in [0.3, 0.4) is 0 Å². The van der Waals surface area contributed by atoms with E-state index in [1.165, 1.54) is 36.0 Å². The summed E-state index contributed by atoms with van der Waals surface area (Å²) in [6, 6.07) is 9.58. The fourth-order valence-corrected chi connectivity index (χ4v) is 6.52. The predicted molar refractivity (Wildman–Crippen MR) is 169 cm³/mol. The first-order valence-corrected chi connectivity index (χ1v) is 16.7. The van der Waals surface area contributed by atoms with Gasteiger partial charge in [-0.25, -0.2) is 17.2 Å². The molecule has 3 rings (SSSR count). The molecule has 5 nitrogen and oxygen atoms in total. The van der Waals surface area contributed by atoms with Gasteiger partial charge in [0.15, 0.2) is 15.3 Å². The van der Waals surface area contributed by atoms with Gasteiger partial charge < -0.3 is 4.57 Å². The van der Waals surface area contributed by atoms with E-state index in [4.69, 9.17) is 0 Å². The van der Waals surface area contributed by atoms with Gasteiger partial charge in [-0.15, -0.1) is 11.8 Å². The largest absolute Gasteiger partial charge is 0.339 e. The second-order valence-electron chi connectivity index (χ2n) is 11.2. The Morgan fingerprint density at radius 1 is 0.889 bits per heavy atom. The summed E-state index contributed by atoms with van der Waals surface area (Å²) in [5.41, 5.74) is 0.101. The number of nitrogens with zero attached hydrogens (tertiary/aromatic N) is 2. The zero-order valence-corrected chi connectivity index (χ0v) is 26.6. The monoisotopic (exact) mass is 642 g/mol. The van der Waals surface area contributed by atoms with Crippen LogP contribution in [0.25, 0.3) is 22.3 Å². The number of hydrogen-bond donors (Lipinski definition) is 0. The number of aryl methyl sites for hydroxylation is 2. The minimum absolute atomic E-state index is 0.0616. The smallest absolute Gasteiger partial charge is 0.332 e. The van der Waals surface area contributed by atoms with Crippen molar-refractivity contribution in [2.75, 3.05) is 5.75 Å². The number of halogens is 4. The van der Waals surface area contributed by atoms with Gasteiger partial charge in [0.1, 0.15) is 6.54 Å². The van der Waals surface area contributed by atoms with Crippen molar-refractivity contribution in [1.29, 1.82) is 5.26 Å². The van der Waals surface area contributed by atoms with E-state index in [2.05, 4.69) is 18.8 Å². The number of hydrogen-bond acceptors (Lipinski definition) is 4. The molecular formula is C35H38F4N2O3S. The van der Waals surface area contributed by atoms with Crippen LogP contribution in [0.15, 0.2) is 58.5 Å². The van der Waals surface area contributed by atoms with Crippen LogP contribution in [-0.2, 0) is 22.3 Å². The number of benzene rings is 2. The molecule has 2 aromatic carbocycles. The molecule has 0 aliphatic carbocycles. The molecular weight excluding hydrogens is 604 g/mol. The molecule has 0 aliphatic rings. The van der Waals surface area contributed by atoms with Gasteiger partial charge in [-0.05, 0) is 73.6 Å². The molecule has 240 valence electrons. The summed E-state index contributed by atoms with van der Waals surface area (Å²) in [7, 11) is -3.68. The third kappa shape index (κ3) is 9.31. The van der Waals surface area contributed by atoms with E-state index >= 15 is 0 Å². The maximum absolute atomic E-state index is 14.0. The average Bonchev–Trinajstić information content (AvgIpc) is 2.98. The van der Waals surface area contributed by atoms with Gasteiger partial charge >= 0.3 is 12.3 Å². The summed E-state index contributed by atoms with van der Waals surface area (Å²) < 4.78 is 81.8. The molecule has 0 amide bonds. The molecule has 0 N–H and O–H groups in total. The van der Waals surface area contributed by atoms with Crippen molar-refractivity contribution in [2.24, 2.45) is 0 Å². The third-order valence-electron chi connectivity index (χ3n) is 7.47. The minimum atomic E-state index is -4.36. The normalized spacial score (nSPS) is 11.7. The predicted octanol–water partition coefficient (Wildman–Crippen LogP) is 8.60. The molecule has 45 heavy (non-hydrogen) atoms. The molecule has 0 fully saturated rings. The lowest BCUT2D eigenvalue weighted by molar-refractivity contribution is -0.135. The highest BCUT2D eigenvalue weighted by Crippen LogP contribution is 2.37. The molecule has 0 aliphatic heterocycles. The Morgan fingerprint density at radius 3 is 2.18 bits per heavy atom. The number of pyridine rings is 1. The van der Waals surface area contributed by atoms with Crippen LogP contribution in [0.5, 0.6) is 0 Å². The standard InChI is InChI=1S/C35H38F4N2O3S/c1-4-5-6-7-8-9-10-11-12-13-18-45(43,44)29-20-25(2)19-27(22-29)31-23-41(17-16-40)24-32(33(31)42)30-15-14-28(21-26(30)3)35(38,39)34(36)37/h14-15,19-24,34H,4-7,10-13,17-18H2,1-3H3. The summed E-state index contributed by atoms with van der Waals surface area (Å²) in [5, 5.41) is 9.34. The van der Waals surface area contributed by atoms with Crippen molar-refractivity contribution >= 4 is 9.84 Å². The van der Waals surface area contributed by atoms with Gasteiger partial charge in [0.2, 0.25) is 0 Å². The van der Waals surface area contributed by atoms with E-state index in [1.807, 2.05) is 6.07 Å². The van der Waals surface area contributed by atoms with Crippen LogP contribution in [0, 0.1) is 37.0 Å². The maximum Gasteiger partial charge on any atom is 0.332 e. The lowest BCUT2D eigenvalue weighted by atomic mass is 9.94. The highest BCUT2D eigenvalue weighted by molar-refractivity contribution is 7.91. The molecule has 10 heteroatoms. The zero-order valence-electron chi connectivity index (χ0n) is 25.8. The van der Waals surface area contributed by atoms with Gasteiger partial charge in [-0.1, -0.05) is 44.4 Å². The Bertz CT molecular complexity index is 1760. The second-order valence-corrected chi connectivity index (χ2v) is 13.3. The molecule has 0 spiro atoms. The van der Waals surface area contributed by atoms with Gasteiger partial charge in [0.05, 0.1) is 16.7 Å². The summed E-state index contributed by atoms with van der Waals surface area (Å²) in [4.78, 5) is 13.9. The van der Waals surface area contributed by atoms with Gasteiger partial charge in [-0.3, -0.25) is 4.79 Å². The third-order valence-corrected chi connectivity index (χ3v) is 9.25. The second kappa shape index (κ2) is 15.9. The van der Waals surface area contributed by atoms with Crippen molar-refractivity contribution in [2.45, 2.75) is 95.9 Å². The van der Waals surface area contributed by atoms with Crippen molar-refractivity contribution < 1.29 is 26.0 Å². The first-order chi connectivity index (χ1) is 21.3. The molecule has 0 atom stereocenters. The fourth-order valence-electron chi connectivity index (χ4n) is 5.02. The highest BCUT2D eigenvalue weighted by atomic mass is 32.2. The average molecular weight is 643 g/mol. The Hall–Kier alpha value is -3.89. The van der Waals surface area contributed by atoms with Crippen LogP contribution in [-0.4, -0.2) is 25.2 Å². The topological polar surface area (TPSA) is 79.9 Å². The van der Waals surface area contributed by atoms with E-state index in [0.29, 0.717) is 24.0 Å². The van der Waals surface area contributed by atoms with Crippen LogP contribution < -0.4 is 5.43 Å². The number of rotatable bonds is 14. The quantitative estimate of drug-likeness (QED) is 0.100. The van der Waals surface area contributed by atoms with Crippen LogP contribution in [0.1, 0.15) is 75.0 Å². The van der Waals surface area contributed by atoms with Crippen LogP contribution in [0.4, 0.5) is 17.6 Å². The van der Waals surface area contributed by atoms with E-state index < -0.39 is 33.2 Å². The van der Waals surface area contributed by atoms with Crippen molar-refractivity contribution in [1.82, 2.24) is 4.57 Å². The molecule has 0 bridgehead atoms. The van der Waals surface area contributed by atoms with E-state index in [0.717, 1.165) is 50.7 Å². The van der Waals surface area contributed by atoms with Gasteiger partial charge in [0.25, 0.3) is 0 Å². The lowest BCUT2D eigenvalue weighted by Gasteiger charge is -2.18. The SMILES string of the molecule is CCCCCC#CCCCCCS(=O)(=O)c1cc(C)cc(-c2cn(CC#N)cc(-c3ccc(C(F)(F)C(F)F)cc3C)c2=O)c1. The summed E-state index contributed by atoms with van der Waals surface area (Å²) in [6.45, 7) is 5.13. The van der Waals surface area contributed by atoms with Gasteiger partial charge in [0, 0.05) is 41.9 Å². The van der Waals surface area contributed by atoms with Crippen LogP contribution >= 0.6 is 0 Å². The number of aromatic nitrogens is 1. The van der Waals surface area contributed by atoms with E-state index in [1.54, 1.807) is 19.1 Å². The molecule has 0 saturated heterocycles. The molecule has 1 aromatic heterocycles. The number of alkyl halides is 4. The maximum atomic E-state index is 14.0. The van der Waals surface area contributed by atoms with Gasteiger partial charge in [-0.2, -0.15) is 14.0 Å². The number of unbranched alkanes of at least 4 members (excludes halogenated alkanes) is 6. The summed E-state index contributed by atoms with van der Waals surface area (Å²) in [6.07, 6.45) is 5.94. The van der Waals surface area contributed by atoms with Crippen molar-refractivity contribution in [3.05, 3.63) is 75.7 Å². The lowest BCUT2D eigenvalue weighted by Crippen LogP contribution is -2.23. The molecule has 1 heterocycles. The number of sulfone groups is 1. The van der Waals surface area contributed by atoms with E-state index in [-0.39, 0.29) is 39.4 Å². The molecule has 0 unspecified atom stereocenters. The minimum Gasteiger partial charge on any atom is -0.339 e. The molecule has 0 saturated carbocycles. The Balaban J connectivity index is 1.91. The molecule has 3 aromatic rings.